The van der Waals surface area contributed by atoms with Gasteiger partial charge in [0.1, 0.15) is 11.5 Å². The number of amides is 2. The number of rotatable bonds is 5. The van der Waals surface area contributed by atoms with Gasteiger partial charge in [0.05, 0.1) is 17.0 Å². The predicted octanol–water partition coefficient (Wildman–Crippen LogP) is 3.01. The number of carbonyl (C=O) groups excluding carboxylic acids is 1. The number of carbonyl (C=O) groups is 2. The van der Waals surface area contributed by atoms with Crippen LogP contribution in [0.2, 0.25) is 0 Å². The summed E-state index contributed by atoms with van der Waals surface area (Å²) in [4.78, 5) is 32.9. The summed E-state index contributed by atoms with van der Waals surface area (Å²) < 4.78 is 12.8. The summed E-state index contributed by atoms with van der Waals surface area (Å²) in [7, 11) is 0. The van der Waals surface area contributed by atoms with Crippen LogP contribution in [0.4, 0.5) is 26.2 Å². The highest BCUT2D eigenvalue weighted by Gasteiger charge is 2.17. The maximum Gasteiger partial charge on any atom is 0.409 e. The first-order chi connectivity index (χ1) is 11.3. The fourth-order valence-corrected chi connectivity index (χ4v) is 1.97. The number of carboxylic acid groups (broad SMARTS) is 1. The van der Waals surface area contributed by atoms with E-state index in [0.717, 1.165) is 6.07 Å². The fourth-order valence-electron chi connectivity index (χ4n) is 1.97. The van der Waals surface area contributed by atoms with Crippen molar-refractivity contribution in [2.75, 3.05) is 10.6 Å². The molecule has 3 N–H and O–H groups in total. The van der Waals surface area contributed by atoms with Gasteiger partial charge in [-0.2, -0.15) is 0 Å². The van der Waals surface area contributed by atoms with E-state index in [-0.39, 0.29) is 17.8 Å². The van der Waals surface area contributed by atoms with Gasteiger partial charge in [-0.1, -0.05) is 12.1 Å². The second-order valence-corrected chi connectivity index (χ2v) is 4.77. The first-order valence-electron chi connectivity index (χ1n) is 6.68. The standard InChI is InChI=1S/C15H12FN3O5/c16-10-3-1-9(2-4-10)7-14(20)18-12-6-5-11(17-15(21)22)8-13(12)19(23)24/h1-6,8,17H,7H2,(H,18,20)(H,21,22). The Kier molecular flexibility index (Phi) is 5.05. The molecular weight excluding hydrogens is 321 g/mol. The normalized spacial score (nSPS) is 10.0. The quantitative estimate of drug-likeness (QED) is 0.573. The van der Waals surface area contributed by atoms with Crippen LogP contribution in [0.15, 0.2) is 42.5 Å². The molecule has 8 nitrogen and oxygen atoms in total. The number of nitrogens with zero attached hydrogens (tertiary/aromatic N) is 1. The molecule has 124 valence electrons. The Balaban J connectivity index is 2.15. The Labute approximate surface area is 135 Å². The Morgan fingerprint density at radius 3 is 2.38 bits per heavy atom. The molecular formula is C15H12FN3O5. The Hall–Kier alpha value is -3.49. The molecule has 0 saturated carbocycles. The highest BCUT2D eigenvalue weighted by molar-refractivity contribution is 5.95. The average Bonchev–Trinajstić information content (AvgIpc) is 2.50. The molecule has 2 aromatic carbocycles. The van der Waals surface area contributed by atoms with Gasteiger partial charge in [0.15, 0.2) is 0 Å². The van der Waals surface area contributed by atoms with E-state index in [0.29, 0.717) is 5.56 Å². The molecule has 24 heavy (non-hydrogen) atoms. The minimum absolute atomic E-state index is 0.00531. The van der Waals surface area contributed by atoms with Gasteiger partial charge in [0, 0.05) is 6.07 Å². The molecule has 0 radical (unpaired) electrons. The predicted molar refractivity (Wildman–Crippen MR) is 83.5 cm³/mol. The molecule has 0 fully saturated rings. The summed E-state index contributed by atoms with van der Waals surface area (Å²) in [6.07, 6.45) is -1.45. The minimum Gasteiger partial charge on any atom is -0.465 e. The van der Waals surface area contributed by atoms with E-state index in [1.54, 1.807) is 0 Å². The van der Waals surface area contributed by atoms with Crippen molar-refractivity contribution in [2.45, 2.75) is 6.42 Å². The molecule has 9 heteroatoms. The van der Waals surface area contributed by atoms with Crippen molar-refractivity contribution in [1.82, 2.24) is 0 Å². The summed E-state index contributed by atoms with van der Waals surface area (Å²) >= 11 is 0. The topological polar surface area (TPSA) is 122 Å². The number of nitro benzene ring substituents is 1. The van der Waals surface area contributed by atoms with E-state index in [9.17, 15) is 24.1 Å². The first kappa shape index (κ1) is 16.9. The Bertz CT molecular complexity index is 792. The van der Waals surface area contributed by atoms with Gasteiger partial charge in [-0.05, 0) is 29.8 Å². The molecule has 0 heterocycles. The van der Waals surface area contributed by atoms with Crippen molar-refractivity contribution in [3.63, 3.8) is 0 Å². The zero-order chi connectivity index (χ0) is 17.7. The molecule has 2 rings (SSSR count). The SMILES string of the molecule is O=C(O)Nc1ccc(NC(=O)Cc2ccc(F)cc2)c([N+](=O)[O-])c1. The molecule has 0 atom stereocenters. The molecule has 0 unspecified atom stereocenters. The summed E-state index contributed by atoms with van der Waals surface area (Å²) in [5, 5.41) is 24.1. The monoisotopic (exact) mass is 333 g/mol. The fraction of sp³-hybridized carbons (Fsp3) is 0.0667. The summed E-state index contributed by atoms with van der Waals surface area (Å²) in [6.45, 7) is 0. The van der Waals surface area contributed by atoms with Crippen LogP contribution < -0.4 is 10.6 Å². The maximum atomic E-state index is 12.8. The number of nitro groups is 1. The van der Waals surface area contributed by atoms with Crippen molar-refractivity contribution >= 4 is 29.1 Å². The summed E-state index contributed by atoms with van der Waals surface area (Å²) in [5.41, 5.74) is 0.0307. The van der Waals surface area contributed by atoms with E-state index >= 15 is 0 Å². The minimum atomic E-state index is -1.36. The number of benzene rings is 2. The zero-order valence-corrected chi connectivity index (χ0v) is 12.2. The summed E-state index contributed by atoms with van der Waals surface area (Å²) in [5.74, 6) is -0.958. The molecule has 0 aromatic heterocycles. The number of hydrogen-bond acceptors (Lipinski definition) is 4. The van der Waals surface area contributed by atoms with Gasteiger partial charge in [0.2, 0.25) is 5.91 Å². The van der Waals surface area contributed by atoms with Crippen molar-refractivity contribution < 1.29 is 24.0 Å². The molecule has 0 aliphatic heterocycles. The molecule has 0 bridgehead atoms. The number of hydrogen-bond donors (Lipinski definition) is 3. The van der Waals surface area contributed by atoms with Crippen LogP contribution in [0.1, 0.15) is 5.56 Å². The van der Waals surface area contributed by atoms with Crippen LogP contribution in [-0.4, -0.2) is 22.0 Å². The van der Waals surface area contributed by atoms with Crippen molar-refractivity contribution in [3.05, 3.63) is 64.0 Å². The number of nitrogens with one attached hydrogen (secondary N) is 2. The van der Waals surface area contributed by atoms with E-state index < -0.39 is 28.4 Å². The Morgan fingerprint density at radius 1 is 1.12 bits per heavy atom. The highest BCUT2D eigenvalue weighted by Crippen LogP contribution is 2.28. The second-order valence-electron chi connectivity index (χ2n) is 4.77. The Morgan fingerprint density at radius 2 is 1.79 bits per heavy atom. The summed E-state index contributed by atoms with van der Waals surface area (Å²) in [6, 6.07) is 8.80. The smallest absolute Gasteiger partial charge is 0.409 e. The van der Waals surface area contributed by atoms with E-state index in [1.165, 1.54) is 36.4 Å². The lowest BCUT2D eigenvalue weighted by Crippen LogP contribution is -2.16. The molecule has 2 amide bonds. The van der Waals surface area contributed by atoms with Crippen LogP contribution >= 0.6 is 0 Å². The van der Waals surface area contributed by atoms with E-state index in [4.69, 9.17) is 5.11 Å². The molecule has 0 saturated heterocycles. The van der Waals surface area contributed by atoms with Gasteiger partial charge in [-0.15, -0.1) is 0 Å². The largest absolute Gasteiger partial charge is 0.465 e. The van der Waals surface area contributed by atoms with Gasteiger partial charge >= 0.3 is 6.09 Å². The van der Waals surface area contributed by atoms with E-state index in [1.807, 2.05) is 5.32 Å². The van der Waals surface area contributed by atoms with Crippen molar-refractivity contribution in [2.24, 2.45) is 0 Å². The zero-order valence-electron chi connectivity index (χ0n) is 12.2. The molecule has 2 aromatic rings. The van der Waals surface area contributed by atoms with E-state index in [2.05, 4.69) is 5.32 Å². The van der Waals surface area contributed by atoms with Gasteiger partial charge in [-0.25, -0.2) is 9.18 Å². The molecule has 0 spiro atoms. The lowest BCUT2D eigenvalue weighted by molar-refractivity contribution is -0.383. The molecule has 0 aliphatic carbocycles. The van der Waals surface area contributed by atoms with Gasteiger partial charge in [0.25, 0.3) is 5.69 Å². The first-order valence-corrected chi connectivity index (χ1v) is 6.68. The van der Waals surface area contributed by atoms with Crippen LogP contribution in [-0.2, 0) is 11.2 Å². The maximum absolute atomic E-state index is 12.8. The van der Waals surface area contributed by atoms with Crippen LogP contribution in [0.3, 0.4) is 0 Å². The van der Waals surface area contributed by atoms with Crippen LogP contribution in [0.5, 0.6) is 0 Å². The highest BCUT2D eigenvalue weighted by atomic mass is 19.1. The second kappa shape index (κ2) is 7.18. The number of anilines is 2. The third-order valence-electron chi connectivity index (χ3n) is 3.00. The third-order valence-corrected chi connectivity index (χ3v) is 3.00. The number of halogens is 1. The average molecular weight is 333 g/mol. The van der Waals surface area contributed by atoms with Crippen molar-refractivity contribution in [3.8, 4) is 0 Å². The third kappa shape index (κ3) is 4.50. The van der Waals surface area contributed by atoms with Crippen LogP contribution in [0, 0.1) is 15.9 Å². The lowest BCUT2D eigenvalue weighted by atomic mass is 10.1. The van der Waals surface area contributed by atoms with Gasteiger partial charge < -0.3 is 10.4 Å². The van der Waals surface area contributed by atoms with Crippen molar-refractivity contribution in [1.29, 1.82) is 0 Å². The van der Waals surface area contributed by atoms with Crippen LogP contribution in [0.25, 0.3) is 0 Å². The molecule has 0 aliphatic rings. The lowest BCUT2D eigenvalue weighted by Gasteiger charge is -2.08. The van der Waals surface area contributed by atoms with Gasteiger partial charge in [-0.3, -0.25) is 20.2 Å².